The third-order valence-electron chi connectivity index (χ3n) is 4.61. The summed E-state index contributed by atoms with van der Waals surface area (Å²) in [5.74, 6) is -0.0711. The van der Waals surface area contributed by atoms with Gasteiger partial charge in [0.05, 0.1) is 17.5 Å². The monoisotopic (exact) mass is 373 g/mol. The number of amides is 2. The number of nitrogens with zero attached hydrogens (tertiary/aromatic N) is 1. The first kappa shape index (κ1) is 18.4. The molecule has 6 nitrogen and oxygen atoms in total. The van der Waals surface area contributed by atoms with Crippen LogP contribution in [0.15, 0.2) is 60.7 Å². The maximum absolute atomic E-state index is 12.2. The van der Waals surface area contributed by atoms with Crippen molar-refractivity contribution in [1.29, 1.82) is 0 Å². The highest BCUT2D eigenvalue weighted by Gasteiger charge is 2.42. The summed E-state index contributed by atoms with van der Waals surface area (Å²) in [6.45, 7) is 0.829. The van der Waals surface area contributed by atoms with Crippen LogP contribution < -0.4 is 11.1 Å². The molecule has 2 amide bonds. The van der Waals surface area contributed by atoms with Gasteiger partial charge in [-0.25, -0.2) is 13.2 Å². The van der Waals surface area contributed by atoms with E-state index < -0.39 is 21.9 Å². The summed E-state index contributed by atoms with van der Waals surface area (Å²) >= 11 is 0. The molecule has 2 aromatic rings. The Morgan fingerprint density at radius 1 is 1.00 bits per heavy atom. The van der Waals surface area contributed by atoms with Crippen LogP contribution in [0.4, 0.5) is 4.79 Å². The van der Waals surface area contributed by atoms with Crippen molar-refractivity contribution in [3.05, 3.63) is 71.8 Å². The van der Waals surface area contributed by atoms with E-state index in [9.17, 15) is 13.2 Å². The number of nitrogens with two attached hydrogens (primary N) is 1. The lowest BCUT2D eigenvalue weighted by Gasteiger charge is -2.31. The Bertz CT molecular complexity index is 841. The fourth-order valence-corrected chi connectivity index (χ4v) is 5.27. The molecule has 7 heteroatoms. The van der Waals surface area contributed by atoms with E-state index in [2.05, 4.69) is 5.32 Å². The molecule has 0 unspecified atom stereocenters. The van der Waals surface area contributed by atoms with E-state index in [1.165, 1.54) is 4.90 Å². The molecule has 3 rings (SSSR count). The topological polar surface area (TPSA) is 92.5 Å². The third kappa shape index (κ3) is 4.62. The van der Waals surface area contributed by atoms with Crippen LogP contribution in [0.5, 0.6) is 0 Å². The van der Waals surface area contributed by atoms with E-state index in [1.807, 2.05) is 60.7 Å². The fourth-order valence-electron chi connectivity index (χ4n) is 3.31. The number of urea groups is 1. The average molecular weight is 373 g/mol. The summed E-state index contributed by atoms with van der Waals surface area (Å²) in [5, 5.41) is 3.30. The number of hydrogen-bond donors (Lipinski definition) is 2. The van der Waals surface area contributed by atoms with Crippen molar-refractivity contribution in [2.75, 3.05) is 11.5 Å². The molecular formula is C19H23N3O3S. The fraction of sp³-hybridized carbons (Fsp3) is 0.316. The van der Waals surface area contributed by atoms with Crippen molar-refractivity contribution in [3.63, 3.8) is 0 Å². The Morgan fingerprint density at radius 3 is 2.15 bits per heavy atom. The van der Waals surface area contributed by atoms with Gasteiger partial charge in [-0.1, -0.05) is 60.7 Å². The molecule has 26 heavy (non-hydrogen) atoms. The smallest absolute Gasteiger partial charge is 0.315 e. The Hall–Kier alpha value is -2.38. The molecule has 1 aliphatic rings. The zero-order valence-electron chi connectivity index (χ0n) is 14.4. The van der Waals surface area contributed by atoms with E-state index in [1.54, 1.807) is 0 Å². The molecule has 0 saturated carbocycles. The van der Waals surface area contributed by atoms with E-state index >= 15 is 0 Å². The number of hydrogen-bond acceptors (Lipinski definition) is 4. The van der Waals surface area contributed by atoms with Crippen LogP contribution in [0, 0.1) is 0 Å². The third-order valence-corrected chi connectivity index (χ3v) is 6.33. The van der Waals surface area contributed by atoms with Crippen LogP contribution in [-0.2, 0) is 22.9 Å². The van der Waals surface area contributed by atoms with Crippen LogP contribution in [0.3, 0.4) is 0 Å². The lowest BCUT2D eigenvalue weighted by molar-refractivity contribution is 0.174. The number of rotatable bonds is 6. The highest BCUT2D eigenvalue weighted by molar-refractivity contribution is 7.91. The molecule has 0 aliphatic carbocycles. The Morgan fingerprint density at radius 2 is 1.58 bits per heavy atom. The number of carbonyl (C=O) groups is 1. The highest BCUT2D eigenvalue weighted by Crippen LogP contribution is 2.21. The van der Waals surface area contributed by atoms with Gasteiger partial charge in [0, 0.05) is 19.1 Å². The van der Waals surface area contributed by atoms with Gasteiger partial charge in [0.15, 0.2) is 9.84 Å². The van der Waals surface area contributed by atoms with E-state index in [-0.39, 0.29) is 17.5 Å². The van der Waals surface area contributed by atoms with Crippen molar-refractivity contribution >= 4 is 15.9 Å². The lowest BCUT2D eigenvalue weighted by Crippen LogP contribution is -2.52. The molecule has 1 aliphatic heterocycles. The van der Waals surface area contributed by atoms with Crippen molar-refractivity contribution in [3.8, 4) is 0 Å². The molecule has 0 radical (unpaired) electrons. The molecule has 0 bridgehead atoms. The average Bonchev–Trinajstić information content (AvgIpc) is 2.94. The molecule has 2 aromatic carbocycles. The molecular weight excluding hydrogens is 350 g/mol. The maximum atomic E-state index is 12.2. The van der Waals surface area contributed by atoms with Crippen molar-refractivity contribution < 1.29 is 13.2 Å². The van der Waals surface area contributed by atoms with Crippen molar-refractivity contribution in [2.45, 2.75) is 25.2 Å². The van der Waals surface area contributed by atoms with Crippen molar-refractivity contribution in [2.24, 2.45) is 5.73 Å². The normalized spacial score (nSPS) is 21.4. The number of benzene rings is 2. The minimum atomic E-state index is -3.23. The predicted molar refractivity (Wildman–Crippen MR) is 101 cm³/mol. The zero-order chi connectivity index (χ0) is 18.6. The molecule has 3 N–H and O–H groups in total. The van der Waals surface area contributed by atoms with E-state index in [4.69, 9.17) is 5.73 Å². The van der Waals surface area contributed by atoms with Gasteiger partial charge in [-0.2, -0.15) is 0 Å². The van der Waals surface area contributed by atoms with Crippen molar-refractivity contribution in [1.82, 2.24) is 10.2 Å². The van der Waals surface area contributed by atoms with Gasteiger partial charge in [-0.05, 0) is 11.1 Å². The van der Waals surface area contributed by atoms with Gasteiger partial charge in [-0.3, -0.25) is 0 Å². The molecule has 0 aromatic heterocycles. The SMILES string of the molecule is NC(=O)N(Cc1ccccc1)[C@@H]1CS(=O)(=O)C[C@H]1NCc1ccccc1. The second-order valence-corrected chi connectivity index (χ2v) is 8.72. The van der Waals surface area contributed by atoms with Gasteiger partial charge in [0.25, 0.3) is 0 Å². The van der Waals surface area contributed by atoms with Gasteiger partial charge in [-0.15, -0.1) is 0 Å². The highest BCUT2D eigenvalue weighted by atomic mass is 32.2. The van der Waals surface area contributed by atoms with Gasteiger partial charge >= 0.3 is 6.03 Å². The first-order valence-electron chi connectivity index (χ1n) is 8.52. The van der Waals surface area contributed by atoms with E-state index in [0.29, 0.717) is 13.1 Å². The maximum Gasteiger partial charge on any atom is 0.315 e. The number of sulfone groups is 1. The summed E-state index contributed by atoms with van der Waals surface area (Å²) < 4.78 is 24.4. The summed E-state index contributed by atoms with van der Waals surface area (Å²) in [6.07, 6.45) is 0. The summed E-state index contributed by atoms with van der Waals surface area (Å²) in [4.78, 5) is 13.5. The number of primary amides is 1. The number of carbonyl (C=O) groups excluding carboxylic acids is 1. The summed E-state index contributed by atoms with van der Waals surface area (Å²) in [7, 11) is -3.23. The van der Waals surface area contributed by atoms with Crippen LogP contribution in [0.25, 0.3) is 0 Å². The molecule has 1 saturated heterocycles. The second-order valence-electron chi connectivity index (χ2n) is 6.57. The molecule has 1 fully saturated rings. The van der Waals surface area contributed by atoms with Crippen LogP contribution in [0.2, 0.25) is 0 Å². The quantitative estimate of drug-likeness (QED) is 0.803. The summed E-state index contributed by atoms with van der Waals surface area (Å²) in [6, 6.07) is 17.7. The first-order chi connectivity index (χ1) is 12.4. The van der Waals surface area contributed by atoms with Gasteiger partial charge < -0.3 is 16.0 Å². The van der Waals surface area contributed by atoms with Gasteiger partial charge in [0.2, 0.25) is 0 Å². The Labute approximate surface area is 153 Å². The Kier molecular flexibility index (Phi) is 5.58. The predicted octanol–water partition coefficient (Wildman–Crippen LogP) is 1.52. The van der Waals surface area contributed by atoms with Crippen LogP contribution >= 0.6 is 0 Å². The molecule has 1 heterocycles. The minimum absolute atomic E-state index is 0.00305. The van der Waals surface area contributed by atoms with E-state index in [0.717, 1.165) is 11.1 Å². The second kappa shape index (κ2) is 7.88. The van der Waals surface area contributed by atoms with Crippen LogP contribution in [0.1, 0.15) is 11.1 Å². The summed E-state index contributed by atoms with van der Waals surface area (Å²) in [5.41, 5.74) is 7.56. The molecule has 2 atom stereocenters. The first-order valence-corrected chi connectivity index (χ1v) is 10.3. The minimum Gasteiger partial charge on any atom is -0.351 e. The Balaban J connectivity index is 1.77. The molecule has 0 spiro atoms. The van der Waals surface area contributed by atoms with Gasteiger partial charge in [0.1, 0.15) is 0 Å². The number of nitrogens with one attached hydrogen (secondary N) is 1. The molecule has 138 valence electrons. The lowest BCUT2D eigenvalue weighted by atomic mass is 10.1. The zero-order valence-corrected chi connectivity index (χ0v) is 15.2. The standard InChI is InChI=1S/C19H23N3O3S/c20-19(23)22(12-16-9-5-2-6-10-16)18-14-26(24,25)13-17(18)21-11-15-7-3-1-4-8-15/h1-10,17-18,21H,11-14H2,(H2,20,23)/t17-,18-/m1/s1. The largest absolute Gasteiger partial charge is 0.351 e. The van der Waals surface area contributed by atoms with Crippen LogP contribution in [-0.4, -0.2) is 42.9 Å².